The van der Waals surface area contributed by atoms with Gasteiger partial charge in [0.1, 0.15) is 11.5 Å². The van der Waals surface area contributed by atoms with Gasteiger partial charge in [0.2, 0.25) is 0 Å². The van der Waals surface area contributed by atoms with Crippen LogP contribution in [0.5, 0.6) is 5.75 Å². The number of hydrogen-bond donors (Lipinski definition) is 0. The number of methoxy groups -OCH3 is 2. The highest BCUT2D eigenvalue weighted by molar-refractivity contribution is 5.84. The minimum atomic E-state index is -0.574. The van der Waals surface area contributed by atoms with Crippen molar-refractivity contribution in [3.63, 3.8) is 0 Å². The van der Waals surface area contributed by atoms with E-state index in [1.54, 1.807) is 7.11 Å². The first kappa shape index (κ1) is 18.0. The third kappa shape index (κ3) is 4.20. The molecule has 0 N–H and O–H groups in total. The molecule has 0 aliphatic heterocycles. The number of benzene rings is 1. The Morgan fingerprint density at radius 2 is 1.86 bits per heavy atom. The molecule has 0 saturated heterocycles. The summed E-state index contributed by atoms with van der Waals surface area (Å²) in [4.78, 5) is 23.6. The first-order chi connectivity index (χ1) is 10.6. The summed E-state index contributed by atoms with van der Waals surface area (Å²) in [7, 11) is 3.03. The van der Waals surface area contributed by atoms with Gasteiger partial charge >= 0.3 is 5.97 Å². The average Bonchev–Trinajstić information content (AvgIpc) is 2.58. The smallest absolute Gasteiger partial charge is 0.312 e. The fourth-order valence-corrected chi connectivity index (χ4v) is 2.85. The molecule has 1 aliphatic carbocycles. The van der Waals surface area contributed by atoms with Crippen molar-refractivity contribution < 1.29 is 19.1 Å². The van der Waals surface area contributed by atoms with Crippen LogP contribution in [0.1, 0.15) is 31.2 Å². The molecular weight excluding hydrogens is 280 g/mol. The molecule has 1 aromatic carbocycles. The van der Waals surface area contributed by atoms with E-state index in [1.807, 2.05) is 24.3 Å². The molecule has 0 bridgehead atoms. The highest BCUT2D eigenvalue weighted by Gasteiger charge is 2.42. The molecule has 0 heterocycles. The second kappa shape index (κ2) is 8.37. The summed E-state index contributed by atoms with van der Waals surface area (Å²) < 4.78 is 10.2. The minimum absolute atomic E-state index is 0.215. The van der Waals surface area contributed by atoms with Crippen molar-refractivity contribution in [3.8, 4) is 5.75 Å². The molecular formula is C18H24O4. The molecule has 22 heavy (non-hydrogen) atoms. The summed E-state index contributed by atoms with van der Waals surface area (Å²) >= 11 is 0. The third-order valence-corrected chi connectivity index (χ3v) is 4.06. The maximum Gasteiger partial charge on any atom is 0.312 e. The van der Waals surface area contributed by atoms with Crippen molar-refractivity contribution in [2.45, 2.75) is 32.1 Å². The second-order valence-corrected chi connectivity index (χ2v) is 5.34. The quantitative estimate of drug-likeness (QED) is 0.632. The second-order valence-electron chi connectivity index (χ2n) is 5.34. The van der Waals surface area contributed by atoms with E-state index in [9.17, 15) is 9.59 Å². The number of esters is 1. The predicted molar refractivity (Wildman–Crippen MR) is 85.9 cm³/mol. The molecule has 1 aromatic rings. The van der Waals surface area contributed by atoms with Gasteiger partial charge in [-0.2, -0.15) is 0 Å². The normalized spacial score (nSPS) is 16.2. The van der Waals surface area contributed by atoms with Crippen LogP contribution in [0.25, 0.3) is 0 Å². The van der Waals surface area contributed by atoms with Gasteiger partial charge in [0.05, 0.1) is 19.6 Å². The van der Waals surface area contributed by atoms with E-state index < -0.39 is 5.41 Å². The van der Waals surface area contributed by atoms with Crippen molar-refractivity contribution in [3.05, 3.63) is 43.0 Å². The first-order valence-electron chi connectivity index (χ1n) is 7.33. The topological polar surface area (TPSA) is 52.6 Å². The van der Waals surface area contributed by atoms with Gasteiger partial charge in [0.15, 0.2) is 0 Å². The minimum Gasteiger partial charge on any atom is -0.497 e. The molecule has 0 atom stereocenters. The number of rotatable bonds is 4. The SMILES string of the molecule is C=C.COC(=O)C1(Cc2cccc(OC)c2)CCC(=O)CC1. The van der Waals surface area contributed by atoms with Crippen LogP contribution in [0.2, 0.25) is 0 Å². The highest BCUT2D eigenvalue weighted by atomic mass is 16.5. The standard InChI is InChI=1S/C16H20O4.C2H4/c1-19-14-5-3-4-12(10-14)11-16(15(18)20-2)8-6-13(17)7-9-16;1-2/h3-5,10H,6-9,11H2,1-2H3;1-2H2. The molecule has 4 nitrogen and oxygen atoms in total. The Hall–Kier alpha value is -2.10. The van der Waals surface area contributed by atoms with Crippen molar-refractivity contribution in [1.82, 2.24) is 0 Å². The van der Waals surface area contributed by atoms with Crippen molar-refractivity contribution in [2.75, 3.05) is 14.2 Å². The molecule has 1 fully saturated rings. The summed E-state index contributed by atoms with van der Waals surface area (Å²) in [6.45, 7) is 6.00. The molecule has 1 saturated carbocycles. The molecule has 0 radical (unpaired) electrons. The Bertz CT molecular complexity index is 512. The van der Waals surface area contributed by atoms with Crippen LogP contribution < -0.4 is 4.74 Å². The fraction of sp³-hybridized carbons (Fsp3) is 0.444. The van der Waals surface area contributed by atoms with Crippen LogP contribution in [-0.4, -0.2) is 26.0 Å². The monoisotopic (exact) mass is 304 g/mol. The molecule has 120 valence electrons. The zero-order chi connectivity index (χ0) is 16.6. The fourth-order valence-electron chi connectivity index (χ4n) is 2.85. The average molecular weight is 304 g/mol. The summed E-state index contributed by atoms with van der Waals surface area (Å²) in [6, 6.07) is 7.69. The van der Waals surface area contributed by atoms with E-state index >= 15 is 0 Å². The van der Waals surface area contributed by atoms with Gasteiger partial charge in [-0.05, 0) is 37.0 Å². The van der Waals surface area contributed by atoms with Gasteiger partial charge in [-0.15, -0.1) is 13.2 Å². The Morgan fingerprint density at radius 3 is 2.41 bits per heavy atom. The lowest BCUT2D eigenvalue weighted by atomic mass is 9.70. The van der Waals surface area contributed by atoms with Crippen molar-refractivity contribution >= 4 is 11.8 Å². The molecule has 0 aromatic heterocycles. The Balaban J connectivity index is 0.00000116. The third-order valence-electron chi connectivity index (χ3n) is 4.06. The predicted octanol–water partition coefficient (Wildman–Crippen LogP) is 3.34. The van der Waals surface area contributed by atoms with Gasteiger partial charge in [-0.3, -0.25) is 9.59 Å². The van der Waals surface area contributed by atoms with Crippen LogP contribution >= 0.6 is 0 Å². The lowest BCUT2D eigenvalue weighted by molar-refractivity contribution is -0.155. The summed E-state index contributed by atoms with van der Waals surface area (Å²) in [6.07, 6.45) is 2.63. The van der Waals surface area contributed by atoms with Gasteiger partial charge in [0.25, 0.3) is 0 Å². The molecule has 0 spiro atoms. The summed E-state index contributed by atoms with van der Waals surface area (Å²) in [5.41, 5.74) is 0.457. The Kier molecular flexibility index (Phi) is 6.83. The molecule has 4 heteroatoms. The van der Waals surface area contributed by atoms with Crippen LogP contribution in [0.3, 0.4) is 0 Å². The lowest BCUT2D eigenvalue weighted by Crippen LogP contribution is -2.38. The van der Waals surface area contributed by atoms with Crippen LogP contribution in [0.15, 0.2) is 37.4 Å². The number of carbonyl (C=O) groups is 2. The van der Waals surface area contributed by atoms with Crippen molar-refractivity contribution in [2.24, 2.45) is 5.41 Å². The van der Waals surface area contributed by atoms with Crippen molar-refractivity contribution in [1.29, 1.82) is 0 Å². The van der Waals surface area contributed by atoms with E-state index in [1.165, 1.54) is 7.11 Å². The van der Waals surface area contributed by atoms with E-state index in [2.05, 4.69) is 13.2 Å². The van der Waals surface area contributed by atoms with Gasteiger partial charge in [0, 0.05) is 12.8 Å². The largest absolute Gasteiger partial charge is 0.497 e. The number of Topliss-reactive ketones (excluding diaryl/α,β-unsaturated/α-hetero) is 1. The molecule has 0 amide bonds. The number of hydrogen-bond acceptors (Lipinski definition) is 4. The van der Waals surface area contributed by atoms with Gasteiger partial charge in [-0.25, -0.2) is 0 Å². The van der Waals surface area contributed by atoms with Gasteiger partial charge < -0.3 is 9.47 Å². The maximum absolute atomic E-state index is 12.2. The zero-order valence-electron chi connectivity index (χ0n) is 13.4. The van der Waals surface area contributed by atoms with Crippen LogP contribution in [0, 0.1) is 5.41 Å². The summed E-state index contributed by atoms with van der Waals surface area (Å²) in [5.74, 6) is 0.789. The Morgan fingerprint density at radius 1 is 1.23 bits per heavy atom. The molecule has 2 rings (SSSR count). The van der Waals surface area contributed by atoms with Crippen LogP contribution in [-0.2, 0) is 20.7 Å². The summed E-state index contributed by atoms with van der Waals surface area (Å²) in [5, 5.41) is 0. The van der Waals surface area contributed by atoms with E-state index in [-0.39, 0.29) is 11.8 Å². The van der Waals surface area contributed by atoms with Gasteiger partial charge in [-0.1, -0.05) is 12.1 Å². The molecule has 1 aliphatic rings. The lowest BCUT2D eigenvalue weighted by Gasteiger charge is -2.34. The number of ether oxygens (including phenoxy) is 2. The first-order valence-corrected chi connectivity index (χ1v) is 7.33. The van der Waals surface area contributed by atoms with Crippen LogP contribution in [0.4, 0.5) is 0 Å². The van der Waals surface area contributed by atoms with E-state index in [0.29, 0.717) is 32.1 Å². The number of ketones is 1. The van der Waals surface area contributed by atoms with E-state index in [4.69, 9.17) is 9.47 Å². The Labute approximate surface area is 132 Å². The number of carbonyl (C=O) groups excluding carboxylic acids is 2. The maximum atomic E-state index is 12.2. The van der Waals surface area contributed by atoms with E-state index in [0.717, 1.165) is 11.3 Å². The zero-order valence-corrected chi connectivity index (χ0v) is 13.4. The highest BCUT2D eigenvalue weighted by Crippen LogP contribution is 2.39. The molecule has 0 unspecified atom stereocenters.